The van der Waals surface area contributed by atoms with Gasteiger partial charge in [0.15, 0.2) is 0 Å². The number of likely N-dealkylation sites (N-methyl/N-ethyl adjacent to an activating group) is 1. The van der Waals surface area contributed by atoms with Crippen molar-refractivity contribution in [1.82, 2.24) is 14.5 Å². The average molecular weight is 332 g/mol. The highest BCUT2D eigenvalue weighted by molar-refractivity contribution is 5.76. The number of aromatic nitrogens is 2. The van der Waals surface area contributed by atoms with Crippen LogP contribution in [0.3, 0.4) is 0 Å². The normalized spacial score (nSPS) is 33.7. The number of hydrogen-bond donors (Lipinski definition) is 0. The molecule has 4 aliphatic rings. The molecule has 0 aliphatic heterocycles. The van der Waals surface area contributed by atoms with E-state index in [1.54, 1.807) is 11.5 Å². The predicted molar refractivity (Wildman–Crippen MR) is 87.2 cm³/mol. The highest BCUT2D eigenvalue weighted by Crippen LogP contribution is 2.54. The monoisotopic (exact) mass is 332 g/mol. The zero-order chi connectivity index (χ0) is 17.0. The van der Waals surface area contributed by atoms with E-state index < -0.39 is 4.92 Å². The number of imidazole rings is 1. The minimum atomic E-state index is -0.518. The molecule has 24 heavy (non-hydrogen) atoms. The van der Waals surface area contributed by atoms with E-state index >= 15 is 0 Å². The number of nitrogens with zero attached hydrogens (tertiary/aromatic N) is 4. The van der Waals surface area contributed by atoms with Crippen molar-refractivity contribution in [3.8, 4) is 0 Å². The Balaban J connectivity index is 1.47. The van der Waals surface area contributed by atoms with Crippen LogP contribution in [0.5, 0.6) is 0 Å². The number of carbonyl (C=O) groups is 1. The summed E-state index contributed by atoms with van der Waals surface area (Å²) in [5.41, 5.74) is 0. The van der Waals surface area contributed by atoms with Crippen LogP contribution >= 0.6 is 0 Å². The molecule has 1 aromatic heterocycles. The summed E-state index contributed by atoms with van der Waals surface area (Å²) in [6.45, 7) is 1.83. The number of nitro groups is 1. The molecular formula is C17H24N4O3. The number of aryl methyl sites for hydroxylation is 1. The third kappa shape index (κ3) is 2.50. The summed E-state index contributed by atoms with van der Waals surface area (Å²) in [5.74, 6) is 3.40. The summed E-state index contributed by atoms with van der Waals surface area (Å²) >= 11 is 0. The zero-order valence-corrected chi connectivity index (χ0v) is 14.2. The third-order valence-corrected chi connectivity index (χ3v) is 6.47. The van der Waals surface area contributed by atoms with Crippen LogP contribution in [-0.4, -0.2) is 38.4 Å². The van der Waals surface area contributed by atoms with Gasteiger partial charge in [0.05, 0.1) is 0 Å². The van der Waals surface area contributed by atoms with Crippen molar-refractivity contribution in [2.45, 2.75) is 51.6 Å². The number of rotatable bonds is 4. The molecule has 7 nitrogen and oxygen atoms in total. The smallest absolute Gasteiger partial charge is 0.358 e. The quantitative estimate of drug-likeness (QED) is 0.626. The summed E-state index contributed by atoms with van der Waals surface area (Å²) in [5, 5.41) is 10.8. The summed E-state index contributed by atoms with van der Waals surface area (Å²) in [4.78, 5) is 28.9. The lowest BCUT2D eigenvalue weighted by Gasteiger charge is -2.56. The van der Waals surface area contributed by atoms with E-state index in [1.807, 2.05) is 11.9 Å². The topological polar surface area (TPSA) is 81.3 Å². The second-order valence-corrected chi connectivity index (χ2v) is 7.96. The first-order valence-electron chi connectivity index (χ1n) is 8.86. The van der Waals surface area contributed by atoms with Gasteiger partial charge in [0, 0.05) is 20.0 Å². The fourth-order valence-corrected chi connectivity index (χ4v) is 5.69. The van der Waals surface area contributed by atoms with Gasteiger partial charge in [-0.15, -0.1) is 0 Å². The van der Waals surface area contributed by atoms with E-state index in [2.05, 4.69) is 4.98 Å². The molecule has 4 saturated carbocycles. The molecule has 4 fully saturated rings. The highest BCUT2D eigenvalue weighted by atomic mass is 16.6. The first kappa shape index (κ1) is 15.6. The lowest BCUT2D eigenvalue weighted by Crippen LogP contribution is -2.56. The van der Waals surface area contributed by atoms with Crippen LogP contribution < -0.4 is 0 Å². The maximum Gasteiger partial charge on any atom is 0.381 e. The van der Waals surface area contributed by atoms with E-state index in [-0.39, 0.29) is 18.3 Å². The van der Waals surface area contributed by atoms with Crippen LogP contribution in [-0.2, 0) is 11.3 Å². The minimum absolute atomic E-state index is 0.0304. The zero-order valence-electron chi connectivity index (χ0n) is 14.2. The Morgan fingerprint density at radius 3 is 2.38 bits per heavy atom. The van der Waals surface area contributed by atoms with Crippen molar-refractivity contribution in [2.75, 3.05) is 7.05 Å². The largest absolute Gasteiger partial charge is 0.381 e. The van der Waals surface area contributed by atoms with Crippen LogP contribution in [0.4, 0.5) is 5.82 Å². The van der Waals surface area contributed by atoms with Gasteiger partial charge < -0.3 is 15.0 Å². The Labute approximate surface area is 141 Å². The van der Waals surface area contributed by atoms with E-state index in [0.717, 1.165) is 11.8 Å². The highest BCUT2D eigenvalue weighted by Gasteiger charge is 2.50. The summed E-state index contributed by atoms with van der Waals surface area (Å²) in [7, 11) is 1.91. The molecule has 4 aliphatic carbocycles. The van der Waals surface area contributed by atoms with Gasteiger partial charge in [0.25, 0.3) is 0 Å². The Morgan fingerprint density at radius 2 is 1.88 bits per heavy atom. The first-order chi connectivity index (χ1) is 11.4. The standard InChI is InChI=1S/C17H24N4O3/c1-10-18-15(21(23)24)8-20(10)9-16(22)19(2)17-13-4-11-3-12(6-13)7-14(17)5-11/h8,11-14,17H,3-7,9H2,1-2H3. The van der Waals surface area contributed by atoms with Crippen molar-refractivity contribution in [2.24, 2.45) is 23.7 Å². The summed E-state index contributed by atoms with van der Waals surface area (Å²) in [6, 6.07) is 0.351. The van der Waals surface area contributed by atoms with Gasteiger partial charge in [-0.3, -0.25) is 9.36 Å². The molecule has 7 heteroatoms. The Kier molecular flexibility index (Phi) is 3.62. The van der Waals surface area contributed by atoms with Crippen molar-refractivity contribution in [3.05, 3.63) is 22.1 Å². The van der Waals surface area contributed by atoms with Gasteiger partial charge in [-0.2, -0.15) is 0 Å². The molecule has 0 N–H and O–H groups in total. The molecule has 0 atom stereocenters. The van der Waals surface area contributed by atoms with Crippen molar-refractivity contribution >= 4 is 11.7 Å². The minimum Gasteiger partial charge on any atom is -0.358 e. The SMILES string of the molecule is Cc1nc([N+](=O)[O-])cn1CC(=O)N(C)C1C2CC3CC(C2)CC1C3. The van der Waals surface area contributed by atoms with Gasteiger partial charge in [-0.25, -0.2) is 0 Å². The van der Waals surface area contributed by atoms with E-state index in [9.17, 15) is 14.9 Å². The average Bonchev–Trinajstić information content (AvgIpc) is 2.87. The van der Waals surface area contributed by atoms with E-state index in [4.69, 9.17) is 0 Å². The maximum absolute atomic E-state index is 12.8. The molecule has 0 unspecified atom stereocenters. The third-order valence-electron chi connectivity index (χ3n) is 6.47. The summed E-state index contributed by atoms with van der Waals surface area (Å²) in [6.07, 6.45) is 7.83. The number of hydrogen-bond acceptors (Lipinski definition) is 4. The molecular weight excluding hydrogens is 308 g/mol. The second kappa shape index (κ2) is 5.57. The first-order valence-corrected chi connectivity index (χ1v) is 8.86. The van der Waals surface area contributed by atoms with Crippen molar-refractivity contribution in [1.29, 1.82) is 0 Å². The lowest BCUT2D eigenvalue weighted by atomic mass is 9.54. The molecule has 1 amide bonds. The van der Waals surface area contributed by atoms with E-state index in [1.165, 1.54) is 38.3 Å². The van der Waals surface area contributed by atoms with Gasteiger partial charge in [0.2, 0.25) is 11.7 Å². The van der Waals surface area contributed by atoms with Crippen LogP contribution in [0.15, 0.2) is 6.20 Å². The molecule has 0 spiro atoms. The summed E-state index contributed by atoms with van der Waals surface area (Å²) < 4.78 is 1.59. The molecule has 1 heterocycles. The van der Waals surface area contributed by atoms with Crippen LogP contribution in [0.2, 0.25) is 0 Å². The Hall–Kier alpha value is -1.92. The van der Waals surface area contributed by atoms with Gasteiger partial charge in [-0.05, 0) is 65.7 Å². The fraction of sp³-hybridized carbons (Fsp3) is 0.765. The van der Waals surface area contributed by atoms with Crippen LogP contribution in [0.25, 0.3) is 0 Å². The molecule has 130 valence electrons. The predicted octanol–water partition coefficient (Wildman–Crippen LogP) is 2.38. The number of amides is 1. The molecule has 5 rings (SSSR count). The van der Waals surface area contributed by atoms with Gasteiger partial charge in [0.1, 0.15) is 12.7 Å². The maximum atomic E-state index is 12.8. The Morgan fingerprint density at radius 1 is 1.29 bits per heavy atom. The van der Waals surface area contributed by atoms with Crippen LogP contribution in [0, 0.1) is 40.7 Å². The molecule has 0 radical (unpaired) electrons. The van der Waals surface area contributed by atoms with Crippen molar-refractivity contribution in [3.63, 3.8) is 0 Å². The van der Waals surface area contributed by atoms with E-state index in [0.29, 0.717) is 23.7 Å². The van der Waals surface area contributed by atoms with Crippen LogP contribution in [0.1, 0.15) is 37.9 Å². The van der Waals surface area contributed by atoms with Crippen molar-refractivity contribution < 1.29 is 9.72 Å². The van der Waals surface area contributed by atoms with Gasteiger partial charge in [-0.1, -0.05) is 0 Å². The van der Waals surface area contributed by atoms with Gasteiger partial charge >= 0.3 is 5.82 Å². The fourth-order valence-electron chi connectivity index (χ4n) is 5.69. The second-order valence-electron chi connectivity index (χ2n) is 7.96. The Bertz CT molecular complexity index is 655. The number of carbonyl (C=O) groups excluding carboxylic acids is 1. The molecule has 1 aromatic rings. The lowest BCUT2D eigenvalue weighted by molar-refractivity contribution is -0.389. The molecule has 0 saturated heterocycles. The molecule has 4 bridgehead atoms. The molecule has 0 aromatic carbocycles.